The second-order valence-electron chi connectivity index (χ2n) is 7.61. The van der Waals surface area contributed by atoms with Crippen LogP contribution in [0.15, 0.2) is 24.3 Å². The van der Waals surface area contributed by atoms with E-state index < -0.39 is 0 Å². The van der Waals surface area contributed by atoms with Gasteiger partial charge in [0.25, 0.3) is 0 Å². The fourth-order valence-corrected chi connectivity index (χ4v) is 4.08. The molecule has 3 rings (SSSR count). The molecular formula is C21H30FN3O2. The Labute approximate surface area is 161 Å². The van der Waals surface area contributed by atoms with Gasteiger partial charge < -0.3 is 9.80 Å². The average molecular weight is 375 g/mol. The van der Waals surface area contributed by atoms with Gasteiger partial charge in [-0.25, -0.2) is 4.39 Å². The van der Waals surface area contributed by atoms with Gasteiger partial charge in [0.1, 0.15) is 5.82 Å². The van der Waals surface area contributed by atoms with Crippen LogP contribution >= 0.6 is 0 Å². The second-order valence-corrected chi connectivity index (χ2v) is 7.61. The van der Waals surface area contributed by atoms with E-state index in [1.807, 2.05) is 4.90 Å². The minimum Gasteiger partial charge on any atom is -0.340 e. The maximum atomic E-state index is 13.0. The van der Waals surface area contributed by atoms with Crippen molar-refractivity contribution in [1.82, 2.24) is 14.7 Å². The molecule has 0 bridgehead atoms. The van der Waals surface area contributed by atoms with Crippen LogP contribution in [0.5, 0.6) is 0 Å². The molecule has 0 N–H and O–H groups in total. The maximum absolute atomic E-state index is 13.0. The van der Waals surface area contributed by atoms with Crippen LogP contribution in [-0.2, 0) is 16.0 Å². The Morgan fingerprint density at radius 1 is 1.00 bits per heavy atom. The van der Waals surface area contributed by atoms with Gasteiger partial charge in [0.15, 0.2) is 0 Å². The van der Waals surface area contributed by atoms with E-state index >= 15 is 0 Å². The van der Waals surface area contributed by atoms with Gasteiger partial charge in [0.05, 0.1) is 13.0 Å². The third kappa shape index (κ3) is 5.28. The monoisotopic (exact) mass is 375 g/mol. The number of nitrogens with zero attached hydrogens (tertiary/aromatic N) is 3. The Morgan fingerprint density at radius 3 is 2.37 bits per heavy atom. The number of benzene rings is 1. The van der Waals surface area contributed by atoms with Crippen LogP contribution in [0.1, 0.15) is 38.2 Å². The summed E-state index contributed by atoms with van der Waals surface area (Å²) in [5, 5.41) is 0. The standard InChI is InChI=1S/C21H30FN3O2/c1-2-19-5-3-4-10-25(19)21(27)16-23-11-13-24(14-12-23)20(26)15-17-6-8-18(22)9-7-17/h6-9,19H,2-5,10-16H2,1H3. The molecule has 0 saturated carbocycles. The molecular weight excluding hydrogens is 345 g/mol. The number of carbonyl (C=O) groups is 2. The van der Waals surface area contributed by atoms with E-state index in [0.29, 0.717) is 32.1 Å². The zero-order chi connectivity index (χ0) is 19.2. The summed E-state index contributed by atoms with van der Waals surface area (Å²) in [7, 11) is 0. The molecule has 2 saturated heterocycles. The molecule has 0 radical (unpaired) electrons. The number of halogens is 1. The van der Waals surface area contributed by atoms with E-state index in [1.165, 1.54) is 18.6 Å². The van der Waals surface area contributed by atoms with Gasteiger partial charge in [-0.1, -0.05) is 19.1 Å². The van der Waals surface area contributed by atoms with Crippen LogP contribution in [0, 0.1) is 5.82 Å². The molecule has 1 aromatic rings. The lowest BCUT2D eigenvalue weighted by atomic mass is 10.00. The minimum atomic E-state index is -0.288. The summed E-state index contributed by atoms with van der Waals surface area (Å²) in [6, 6.07) is 6.48. The van der Waals surface area contributed by atoms with Crippen molar-refractivity contribution >= 4 is 11.8 Å². The van der Waals surface area contributed by atoms with E-state index in [2.05, 4.69) is 16.7 Å². The Morgan fingerprint density at radius 2 is 1.70 bits per heavy atom. The zero-order valence-corrected chi connectivity index (χ0v) is 16.2. The van der Waals surface area contributed by atoms with Gasteiger partial charge in [0.2, 0.25) is 11.8 Å². The van der Waals surface area contributed by atoms with E-state index in [1.54, 1.807) is 12.1 Å². The molecule has 0 spiro atoms. The number of rotatable bonds is 5. The smallest absolute Gasteiger partial charge is 0.236 e. The number of hydrogen-bond acceptors (Lipinski definition) is 3. The summed E-state index contributed by atoms with van der Waals surface area (Å²) < 4.78 is 13.0. The van der Waals surface area contributed by atoms with Crippen molar-refractivity contribution in [3.05, 3.63) is 35.6 Å². The molecule has 0 aromatic heterocycles. The van der Waals surface area contributed by atoms with E-state index in [4.69, 9.17) is 0 Å². The predicted molar refractivity (Wildman–Crippen MR) is 103 cm³/mol. The second kappa shape index (κ2) is 9.31. The average Bonchev–Trinajstić information content (AvgIpc) is 2.70. The SMILES string of the molecule is CCC1CCCCN1C(=O)CN1CCN(C(=O)Cc2ccc(F)cc2)CC1. The predicted octanol–water partition coefficient (Wildman–Crippen LogP) is 2.30. The van der Waals surface area contributed by atoms with Crippen LogP contribution in [0.3, 0.4) is 0 Å². The molecule has 0 aliphatic carbocycles. The number of carbonyl (C=O) groups excluding carboxylic acids is 2. The van der Waals surface area contributed by atoms with Crippen molar-refractivity contribution in [3.63, 3.8) is 0 Å². The lowest BCUT2D eigenvalue weighted by Gasteiger charge is -2.39. The highest BCUT2D eigenvalue weighted by Crippen LogP contribution is 2.20. The molecule has 5 nitrogen and oxygen atoms in total. The number of hydrogen-bond donors (Lipinski definition) is 0. The van der Waals surface area contributed by atoms with Crippen LogP contribution in [0.25, 0.3) is 0 Å². The van der Waals surface area contributed by atoms with Crippen molar-refractivity contribution in [2.45, 2.75) is 45.1 Å². The molecule has 2 amide bonds. The zero-order valence-electron chi connectivity index (χ0n) is 16.2. The number of amides is 2. The highest BCUT2D eigenvalue weighted by molar-refractivity contribution is 5.80. The van der Waals surface area contributed by atoms with Crippen LogP contribution < -0.4 is 0 Å². The van der Waals surface area contributed by atoms with Crippen molar-refractivity contribution in [2.75, 3.05) is 39.3 Å². The molecule has 1 aromatic carbocycles. The molecule has 2 aliphatic rings. The molecule has 6 heteroatoms. The van der Waals surface area contributed by atoms with E-state index in [9.17, 15) is 14.0 Å². The van der Waals surface area contributed by atoms with Gasteiger partial charge in [-0.3, -0.25) is 14.5 Å². The first-order valence-electron chi connectivity index (χ1n) is 10.1. The lowest BCUT2D eigenvalue weighted by molar-refractivity contribution is -0.137. The van der Waals surface area contributed by atoms with Gasteiger partial charge in [0, 0.05) is 38.8 Å². The molecule has 2 heterocycles. The highest BCUT2D eigenvalue weighted by Gasteiger charge is 2.28. The van der Waals surface area contributed by atoms with Crippen molar-refractivity contribution in [2.24, 2.45) is 0 Å². The number of piperazine rings is 1. The third-order valence-corrected chi connectivity index (χ3v) is 5.77. The maximum Gasteiger partial charge on any atom is 0.236 e. The highest BCUT2D eigenvalue weighted by atomic mass is 19.1. The molecule has 1 atom stereocenters. The van der Waals surface area contributed by atoms with Crippen LogP contribution in [0.4, 0.5) is 4.39 Å². The first kappa shape index (κ1) is 19.8. The fourth-order valence-electron chi connectivity index (χ4n) is 4.08. The van der Waals surface area contributed by atoms with E-state index in [-0.39, 0.29) is 17.6 Å². The lowest BCUT2D eigenvalue weighted by Crippen LogP contribution is -2.53. The Hall–Kier alpha value is -1.95. The normalized spacial score (nSPS) is 21.3. The van der Waals surface area contributed by atoms with Gasteiger partial charge in [-0.15, -0.1) is 0 Å². The molecule has 2 fully saturated rings. The summed E-state index contributed by atoms with van der Waals surface area (Å²) in [6.45, 7) is 6.23. The van der Waals surface area contributed by atoms with E-state index in [0.717, 1.165) is 44.5 Å². The minimum absolute atomic E-state index is 0.0645. The third-order valence-electron chi connectivity index (χ3n) is 5.77. The molecule has 27 heavy (non-hydrogen) atoms. The van der Waals surface area contributed by atoms with Gasteiger partial charge in [-0.05, 0) is 43.4 Å². The summed E-state index contributed by atoms with van der Waals surface area (Å²) in [6.07, 6.45) is 4.77. The fraction of sp³-hybridized carbons (Fsp3) is 0.619. The Bertz CT molecular complexity index is 641. The Kier molecular flexibility index (Phi) is 6.83. The van der Waals surface area contributed by atoms with Gasteiger partial charge >= 0.3 is 0 Å². The first-order chi connectivity index (χ1) is 13.1. The summed E-state index contributed by atoms with van der Waals surface area (Å²) >= 11 is 0. The summed E-state index contributed by atoms with van der Waals surface area (Å²) in [5.74, 6) is 0.00537. The summed E-state index contributed by atoms with van der Waals surface area (Å²) in [4.78, 5) is 31.2. The number of piperidine rings is 1. The Balaban J connectivity index is 1.44. The molecule has 2 aliphatic heterocycles. The topological polar surface area (TPSA) is 43.9 Å². The van der Waals surface area contributed by atoms with Crippen molar-refractivity contribution in [3.8, 4) is 0 Å². The largest absolute Gasteiger partial charge is 0.340 e. The van der Waals surface area contributed by atoms with Crippen molar-refractivity contribution < 1.29 is 14.0 Å². The van der Waals surface area contributed by atoms with Gasteiger partial charge in [-0.2, -0.15) is 0 Å². The molecule has 148 valence electrons. The van der Waals surface area contributed by atoms with Crippen molar-refractivity contribution in [1.29, 1.82) is 0 Å². The molecule has 1 unspecified atom stereocenters. The number of likely N-dealkylation sites (tertiary alicyclic amines) is 1. The van der Waals surface area contributed by atoms with Crippen LogP contribution in [-0.4, -0.2) is 71.8 Å². The quantitative estimate of drug-likeness (QED) is 0.793. The first-order valence-corrected chi connectivity index (χ1v) is 10.1. The summed E-state index contributed by atoms with van der Waals surface area (Å²) in [5.41, 5.74) is 0.828. The van der Waals surface area contributed by atoms with Crippen LogP contribution in [0.2, 0.25) is 0 Å².